The largest absolute Gasteiger partial charge is 0.387 e. The van der Waals surface area contributed by atoms with E-state index >= 15 is 0 Å². The SMILES string of the molecule is N=C(N)CN1CCC(NS(=O)(=O)NC2CC2)CC1. The van der Waals surface area contributed by atoms with Crippen LogP contribution in [0.25, 0.3) is 0 Å². The van der Waals surface area contributed by atoms with Gasteiger partial charge in [-0.1, -0.05) is 0 Å². The molecule has 18 heavy (non-hydrogen) atoms. The fourth-order valence-corrected chi connectivity index (χ4v) is 3.54. The first-order valence-electron chi connectivity index (χ1n) is 6.29. The van der Waals surface area contributed by atoms with E-state index in [1.807, 2.05) is 0 Å². The van der Waals surface area contributed by atoms with Gasteiger partial charge >= 0.3 is 0 Å². The molecular weight excluding hydrogens is 254 g/mol. The highest BCUT2D eigenvalue weighted by atomic mass is 32.2. The Hall–Kier alpha value is -0.700. The van der Waals surface area contributed by atoms with Crippen LogP contribution in [0.15, 0.2) is 0 Å². The van der Waals surface area contributed by atoms with Crippen LogP contribution in [-0.4, -0.2) is 50.9 Å². The third kappa shape index (κ3) is 4.52. The Bertz CT molecular complexity index is 398. The number of nitrogens with two attached hydrogens (primary N) is 1. The molecule has 0 spiro atoms. The van der Waals surface area contributed by atoms with Gasteiger partial charge in [0, 0.05) is 25.2 Å². The van der Waals surface area contributed by atoms with Crippen molar-refractivity contribution in [3.8, 4) is 0 Å². The Kier molecular flexibility index (Phi) is 4.21. The number of likely N-dealkylation sites (tertiary alicyclic amines) is 1. The zero-order valence-electron chi connectivity index (χ0n) is 10.4. The molecule has 0 radical (unpaired) electrons. The smallest absolute Gasteiger partial charge is 0.277 e. The molecule has 2 fully saturated rings. The van der Waals surface area contributed by atoms with Crippen LogP contribution in [0.2, 0.25) is 0 Å². The molecule has 1 heterocycles. The zero-order valence-corrected chi connectivity index (χ0v) is 11.2. The van der Waals surface area contributed by atoms with Gasteiger partial charge in [-0.2, -0.15) is 17.9 Å². The average Bonchev–Trinajstić information content (AvgIpc) is 3.03. The highest BCUT2D eigenvalue weighted by molar-refractivity contribution is 7.87. The molecule has 0 unspecified atom stereocenters. The first-order valence-corrected chi connectivity index (χ1v) is 7.78. The van der Waals surface area contributed by atoms with Crippen molar-refractivity contribution in [2.45, 2.75) is 37.8 Å². The highest BCUT2D eigenvalue weighted by Gasteiger charge is 2.29. The maximum absolute atomic E-state index is 11.7. The molecule has 7 nitrogen and oxygen atoms in total. The van der Waals surface area contributed by atoms with E-state index in [1.54, 1.807) is 0 Å². The normalized spacial score (nSPS) is 23.1. The van der Waals surface area contributed by atoms with Crippen molar-refractivity contribution in [1.82, 2.24) is 14.3 Å². The predicted octanol–water partition coefficient (Wildman–Crippen LogP) is -1.03. The van der Waals surface area contributed by atoms with E-state index in [4.69, 9.17) is 11.1 Å². The number of hydrogen-bond acceptors (Lipinski definition) is 4. The lowest BCUT2D eigenvalue weighted by atomic mass is 10.1. The summed E-state index contributed by atoms with van der Waals surface area (Å²) in [5.41, 5.74) is 5.34. The highest BCUT2D eigenvalue weighted by Crippen LogP contribution is 2.19. The van der Waals surface area contributed by atoms with Crippen LogP contribution < -0.4 is 15.2 Å². The minimum atomic E-state index is -3.34. The summed E-state index contributed by atoms with van der Waals surface area (Å²) in [7, 11) is -3.34. The van der Waals surface area contributed by atoms with Gasteiger partial charge in [0.25, 0.3) is 10.2 Å². The molecule has 0 bridgehead atoms. The van der Waals surface area contributed by atoms with Crippen LogP contribution in [0.4, 0.5) is 0 Å². The summed E-state index contributed by atoms with van der Waals surface area (Å²) in [5.74, 6) is 0.157. The van der Waals surface area contributed by atoms with Crippen LogP contribution in [-0.2, 0) is 10.2 Å². The fraction of sp³-hybridized carbons (Fsp3) is 0.900. The molecule has 2 rings (SSSR count). The molecule has 1 aliphatic heterocycles. The average molecular weight is 275 g/mol. The molecule has 1 aliphatic carbocycles. The van der Waals surface area contributed by atoms with Crippen molar-refractivity contribution in [3.63, 3.8) is 0 Å². The second kappa shape index (κ2) is 5.52. The van der Waals surface area contributed by atoms with Gasteiger partial charge in [0.05, 0.1) is 6.54 Å². The van der Waals surface area contributed by atoms with Crippen LogP contribution in [0, 0.1) is 5.41 Å². The van der Waals surface area contributed by atoms with Gasteiger partial charge in [-0.05, 0) is 25.7 Å². The Balaban J connectivity index is 1.74. The zero-order chi connectivity index (χ0) is 13.2. The van der Waals surface area contributed by atoms with E-state index in [-0.39, 0.29) is 17.9 Å². The second-order valence-electron chi connectivity index (χ2n) is 5.09. The molecule has 8 heteroatoms. The standard InChI is InChI=1S/C10H21N5O2S/c11-10(12)7-15-5-3-9(4-6-15)14-18(16,17)13-8-1-2-8/h8-9,13-14H,1-7H2,(H3,11,12). The van der Waals surface area contributed by atoms with E-state index in [9.17, 15) is 8.42 Å². The molecule has 0 aromatic rings. The summed E-state index contributed by atoms with van der Waals surface area (Å²) < 4.78 is 28.7. The number of piperidine rings is 1. The van der Waals surface area contributed by atoms with Crippen LogP contribution in [0.3, 0.4) is 0 Å². The molecule has 2 aliphatic rings. The summed E-state index contributed by atoms with van der Waals surface area (Å²) in [4.78, 5) is 2.07. The number of nitrogens with zero attached hydrogens (tertiary/aromatic N) is 1. The minimum absolute atomic E-state index is 0.00976. The molecular formula is C10H21N5O2S. The lowest BCUT2D eigenvalue weighted by Gasteiger charge is -2.31. The Morgan fingerprint density at radius 1 is 1.17 bits per heavy atom. The van der Waals surface area contributed by atoms with Crippen molar-refractivity contribution in [2.75, 3.05) is 19.6 Å². The van der Waals surface area contributed by atoms with E-state index in [1.165, 1.54) is 0 Å². The van der Waals surface area contributed by atoms with Crippen molar-refractivity contribution < 1.29 is 8.42 Å². The lowest BCUT2D eigenvalue weighted by Crippen LogP contribution is -2.49. The number of hydrogen-bond donors (Lipinski definition) is 4. The number of nitrogens with one attached hydrogen (secondary N) is 3. The van der Waals surface area contributed by atoms with Gasteiger partial charge in [0.1, 0.15) is 5.84 Å². The third-order valence-corrected chi connectivity index (χ3v) is 4.49. The summed E-state index contributed by atoms with van der Waals surface area (Å²) in [6.07, 6.45) is 3.41. The number of amidine groups is 1. The van der Waals surface area contributed by atoms with Crippen LogP contribution >= 0.6 is 0 Å². The summed E-state index contributed by atoms with van der Waals surface area (Å²) >= 11 is 0. The van der Waals surface area contributed by atoms with E-state index in [0.717, 1.165) is 38.8 Å². The summed E-state index contributed by atoms with van der Waals surface area (Å²) in [6, 6.07) is 0.129. The monoisotopic (exact) mass is 275 g/mol. The molecule has 1 saturated heterocycles. The first-order chi connectivity index (χ1) is 8.44. The van der Waals surface area contributed by atoms with Crippen molar-refractivity contribution in [1.29, 1.82) is 5.41 Å². The van der Waals surface area contributed by atoms with Gasteiger partial charge in [-0.15, -0.1) is 0 Å². The Morgan fingerprint density at radius 3 is 2.11 bits per heavy atom. The molecule has 1 saturated carbocycles. The maximum Gasteiger partial charge on any atom is 0.277 e. The summed E-state index contributed by atoms with van der Waals surface area (Å²) in [6.45, 7) is 2.02. The molecule has 104 valence electrons. The molecule has 5 N–H and O–H groups in total. The molecule has 0 aromatic heterocycles. The van der Waals surface area contributed by atoms with Gasteiger partial charge in [-0.3, -0.25) is 10.3 Å². The van der Waals surface area contributed by atoms with E-state index < -0.39 is 10.2 Å². The fourth-order valence-electron chi connectivity index (χ4n) is 2.12. The third-order valence-electron chi connectivity index (χ3n) is 3.20. The van der Waals surface area contributed by atoms with Crippen molar-refractivity contribution in [2.24, 2.45) is 5.73 Å². The van der Waals surface area contributed by atoms with E-state index in [2.05, 4.69) is 14.3 Å². The topological polar surface area (TPSA) is 111 Å². The van der Waals surface area contributed by atoms with E-state index in [0.29, 0.717) is 6.54 Å². The number of rotatable bonds is 6. The van der Waals surface area contributed by atoms with Gasteiger partial charge in [-0.25, -0.2) is 0 Å². The Morgan fingerprint density at radius 2 is 1.67 bits per heavy atom. The minimum Gasteiger partial charge on any atom is -0.387 e. The van der Waals surface area contributed by atoms with Gasteiger partial charge < -0.3 is 5.73 Å². The lowest BCUT2D eigenvalue weighted by molar-refractivity contribution is 0.231. The molecule has 0 aromatic carbocycles. The van der Waals surface area contributed by atoms with Crippen LogP contribution in [0.5, 0.6) is 0 Å². The predicted molar refractivity (Wildman–Crippen MR) is 69.6 cm³/mol. The van der Waals surface area contributed by atoms with Crippen molar-refractivity contribution >= 4 is 16.0 Å². The quantitative estimate of drug-likeness (QED) is 0.367. The first kappa shape index (κ1) is 13.7. The molecule has 0 atom stereocenters. The van der Waals surface area contributed by atoms with Crippen LogP contribution in [0.1, 0.15) is 25.7 Å². The summed E-state index contributed by atoms with van der Waals surface area (Å²) in [5, 5.41) is 7.22. The van der Waals surface area contributed by atoms with Crippen molar-refractivity contribution in [3.05, 3.63) is 0 Å². The second-order valence-corrected chi connectivity index (χ2v) is 6.57. The van der Waals surface area contributed by atoms with Gasteiger partial charge in [0.2, 0.25) is 0 Å². The van der Waals surface area contributed by atoms with Gasteiger partial charge in [0.15, 0.2) is 0 Å². The molecule has 0 amide bonds. The Labute approximate surface area is 108 Å². The maximum atomic E-state index is 11.7.